The first-order chi connectivity index (χ1) is 10.1. The molecule has 2 atom stereocenters. The van der Waals surface area contributed by atoms with Crippen LogP contribution in [0.2, 0.25) is 0 Å². The topological polar surface area (TPSA) is 62.5 Å². The Morgan fingerprint density at radius 3 is 2.57 bits per heavy atom. The summed E-state index contributed by atoms with van der Waals surface area (Å²) in [6, 6.07) is 12.8. The molecule has 0 saturated carbocycles. The molecule has 0 aliphatic rings. The van der Waals surface area contributed by atoms with Crippen molar-refractivity contribution in [1.82, 2.24) is 5.32 Å². The molecule has 0 aliphatic carbocycles. The maximum Gasteiger partial charge on any atom is 0.287 e. The fourth-order valence-corrected chi connectivity index (χ4v) is 2.19. The molecule has 112 valence electrons. The lowest BCUT2D eigenvalue weighted by molar-refractivity contribution is 0.0887. The Bertz CT molecular complexity index is 577. The summed E-state index contributed by atoms with van der Waals surface area (Å²) in [7, 11) is 0. The first kappa shape index (κ1) is 15.3. The molecule has 0 radical (unpaired) electrons. The Labute approximate surface area is 124 Å². The summed E-state index contributed by atoms with van der Waals surface area (Å²) >= 11 is 0. The lowest BCUT2D eigenvalue weighted by Crippen LogP contribution is -2.33. The maximum absolute atomic E-state index is 12.0. The molecule has 1 heterocycles. The van der Waals surface area contributed by atoms with Crippen molar-refractivity contribution in [2.45, 2.75) is 38.8 Å². The normalized spacial score (nSPS) is 13.7. The lowest BCUT2D eigenvalue weighted by Gasteiger charge is -2.17. The highest BCUT2D eigenvalue weighted by molar-refractivity contribution is 5.91. The fraction of sp³-hybridized carbons (Fsp3) is 0.353. The molecule has 0 fully saturated rings. The number of benzene rings is 1. The summed E-state index contributed by atoms with van der Waals surface area (Å²) in [4.78, 5) is 12.0. The van der Waals surface area contributed by atoms with Crippen molar-refractivity contribution in [1.29, 1.82) is 0 Å². The first-order valence-electron chi connectivity index (χ1n) is 7.22. The van der Waals surface area contributed by atoms with Crippen LogP contribution in [0.4, 0.5) is 0 Å². The molecule has 0 unspecified atom stereocenters. The van der Waals surface area contributed by atoms with Gasteiger partial charge in [-0.2, -0.15) is 0 Å². The maximum atomic E-state index is 12.0. The Hall–Kier alpha value is -2.07. The number of rotatable bonds is 6. The van der Waals surface area contributed by atoms with Crippen LogP contribution in [0.5, 0.6) is 0 Å². The van der Waals surface area contributed by atoms with Crippen LogP contribution in [0.1, 0.15) is 48.3 Å². The van der Waals surface area contributed by atoms with Gasteiger partial charge in [0.15, 0.2) is 5.76 Å². The van der Waals surface area contributed by atoms with Crippen LogP contribution in [0.15, 0.2) is 46.9 Å². The molecule has 2 rings (SSSR count). The largest absolute Gasteiger partial charge is 0.456 e. The van der Waals surface area contributed by atoms with Gasteiger partial charge < -0.3 is 14.8 Å². The minimum Gasteiger partial charge on any atom is -0.456 e. The van der Waals surface area contributed by atoms with E-state index >= 15 is 0 Å². The van der Waals surface area contributed by atoms with Gasteiger partial charge in [0.05, 0.1) is 6.10 Å². The third-order valence-electron chi connectivity index (χ3n) is 3.37. The molecular weight excluding hydrogens is 266 g/mol. The zero-order valence-corrected chi connectivity index (χ0v) is 12.4. The number of hydrogen-bond donors (Lipinski definition) is 2. The van der Waals surface area contributed by atoms with Crippen molar-refractivity contribution in [3.05, 3.63) is 59.5 Å². The van der Waals surface area contributed by atoms with E-state index in [4.69, 9.17) is 4.42 Å². The highest BCUT2D eigenvalue weighted by Crippen LogP contribution is 2.18. The zero-order valence-electron chi connectivity index (χ0n) is 12.4. The lowest BCUT2D eigenvalue weighted by atomic mass is 10.0. The van der Waals surface area contributed by atoms with Crippen molar-refractivity contribution in [3.8, 4) is 0 Å². The molecule has 2 aromatic rings. The molecule has 0 saturated heterocycles. The van der Waals surface area contributed by atoms with E-state index in [1.807, 2.05) is 44.2 Å². The Kier molecular flexibility index (Phi) is 5.17. The summed E-state index contributed by atoms with van der Waals surface area (Å²) in [6.45, 7) is 3.84. The van der Waals surface area contributed by atoms with Gasteiger partial charge in [-0.05, 0) is 31.0 Å². The zero-order chi connectivity index (χ0) is 15.2. The molecule has 1 aromatic heterocycles. The molecule has 21 heavy (non-hydrogen) atoms. The van der Waals surface area contributed by atoms with Crippen molar-refractivity contribution >= 4 is 5.91 Å². The third kappa shape index (κ3) is 4.20. The number of aryl methyl sites for hydroxylation is 1. The molecule has 0 bridgehead atoms. The van der Waals surface area contributed by atoms with Gasteiger partial charge in [0.2, 0.25) is 0 Å². The number of hydrogen-bond acceptors (Lipinski definition) is 3. The predicted octanol–water partition coefficient (Wildman–Crippen LogP) is 3.08. The van der Waals surface area contributed by atoms with Gasteiger partial charge in [-0.3, -0.25) is 4.79 Å². The number of carbonyl (C=O) groups is 1. The average Bonchev–Trinajstić information content (AvgIpc) is 2.97. The van der Waals surface area contributed by atoms with Gasteiger partial charge >= 0.3 is 0 Å². The highest BCUT2D eigenvalue weighted by atomic mass is 16.3. The first-order valence-corrected chi connectivity index (χ1v) is 7.22. The van der Waals surface area contributed by atoms with Crippen molar-refractivity contribution in [2.75, 3.05) is 0 Å². The SMILES string of the molecule is CCc1ccc(C(=O)N[C@@H](C)C[C@@H](O)c2ccccc2)o1. The Balaban J connectivity index is 1.89. The minimum absolute atomic E-state index is 0.150. The summed E-state index contributed by atoms with van der Waals surface area (Å²) in [5, 5.41) is 13.0. The van der Waals surface area contributed by atoms with E-state index in [9.17, 15) is 9.90 Å². The number of carbonyl (C=O) groups excluding carboxylic acids is 1. The average molecular weight is 287 g/mol. The van der Waals surface area contributed by atoms with E-state index in [-0.39, 0.29) is 11.9 Å². The van der Waals surface area contributed by atoms with Gasteiger partial charge in [0, 0.05) is 12.5 Å². The Morgan fingerprint density at radius 1 is 1.24 bits per heavy atom. The molecule has 1 amide bonds. The number of aliphatic hydroxyl groups excluding tert-OH is 1. The quantitative estimate of drug-likeness (QED) is 0.858. The van der Waals surface area contributed by atoms with E-state index in [0.29, 0.717) is 12.2 Å². The summed E-state index contributed by atoms with van der Waals surface area (Å²) < 4.78 is 5.41. The van der Waals surface area contributed by atoms with E-state index in [1.165, 1.54) is 0 Å². The molecule has 2 N–H and O–H groups in total. The van der Waals surface area contributed by atoms with Gasteiger partial charge in [0.25, 0.3) is 5.91 Å². The van der Waals surface area contributed by atoms with Crippen LogP contribution < -0.4 is 5.32 Å². The third-order valence-corrected chi connectivity index (χ3v) is 3.37. The van der Waals surface area contributed by atoms with E-state index in [1.54, 1.807) is 12.1 Å². The second kappa shape index (κ2) is 7.09. The Morgan fingerprint density at radius 2 is 1.95 bits per heavy atom. The molecule has 1 aromatic carbocycles. The van der Waals surface area contributed by atoms with Crippen LogP contribution in [-0.2, 0) is 6.42 Å². The summed E-state index contributed by atoms with van der Waals surface area (Å²) in [5.74, 6) is 0.854. The van der Waals surface area contributed by atoms with Crippen LogP contribution in [0, 0.1) is 0 Å². The van der Waals surface area contributed by atoms with Crippen LogP contribution >= 0.6 is 0 Å². The number of furan rings is 1. The summed E-state index contributed by atoms with van der Waals surface area (Å²) in [5.41, 5.74) is 0.852. The molecule has 4 nitrogen and oxygen atoms in total. The van der Waals surface area contributed by atoms with E-state index in [2.05, 4.69) is 5.32 Å². The van der Waals surface area contributed by atoms with E-state index < -0.39 is 6.10 Å². The molecule has 0 aliphatic heterocycles. The smallest absolute Gasteiger partial charge is 0.287 e. The van der Waals surface area contributed by atoms with Crippen LogP contribution in [0.25, 0.3) is 0 Å². The molecule has 0 spiro atoms. The van der Waals surface area contributed by atoms with Crippen molar-refractivity contribution < 1.29 is 14.3 Å². The summed E-state index contributed by atoms with van der Waals surface area (Å²) in [6.07, 6.45) is 0.622. The number of aliphatic hydroxyl groups is 1. The van der Waals surface area contributed by atoms with Gasteiger partial charge in [0.1, 0.15) is 5.76 Å². The fourth-order valence-electron chi connectivity index (χ4n) is 2.19. The number of nitrogens with one attached hydrogen (secondary N) is 1. The highest BCUT2D eigenvalue weighted by Gasteiger charge is 2.17. The second-order valence-corrected chi connectivity index (χ2v) is 5.16. The van der Waals surface area contributed by atoms with Gasteiger partial charge in [-0.15, -0.1) is 0 Å². The molecular formula is C17H21NO3. The van der Waals surface area contributed by atoms with Crippen LogP contribution in [0.3, 0.4) is 0 Å². The van der Waals surface area contributed by atoms with Crippen molar-refractivity contribution in [3.63, 3.8) is 0 Å². The van der Waals surface area contributed by atoms with Crippen LogP contribution in [-0.4, -0.2) is 17.1 Å². The van der Waals surface area contributed by atoms with E-state index in [0.717, 1.165) is 17.7 Å². The monoisotopic (exact) mass is 287 g/mol. The van der Waals surface area contributed by atoms with Crippen molar-refractivity contribution in [2.24, 2.45) is 0 Å². The molecule has 4 heteroatoms. The van der Waals surface area contributed by atoms with Gasteiger partial charge in [-0.25, -0.2) is 0 Å². The number of amides is 1. The standard InChI is InChI=1S/C17H21NO3/c1-3-14-9-10-16(21-14)17(20)18-12(2)11-15(19)13-7-5-4-6-8-13/h4-10,12,15,19H,3,11H2,1-2H3,(H,18,20)/t12-,15+/m0/s1. The predicted molar refractivity (Wildman–Crippen MR) is 81.0 cm³/mol. The minimum atomic E-state index is -0.593. The second-order valence-electron chi connectivity index (χ2n) is 5.16. The van der Waals surface area contributed by atoms with Gasteiger partial charge in [-0.1, -0.05) is 37.3 Å².